The molecule has 0 bridgehead atoms. The van der Waals surface area contributed by atoms with Gasteiger partial charge < -0.3 is 9.73 Å². The van der Waals surface area contributed by atoms with E-state index in [2.05, 4.69) is 10.3 Å². The summed E-state index contributed by atoms with van der Waals surface area (Å²) in [6.07, 6.45) is 0. The predicted octanol–water partition coefficient (Wildman–Crippen LogP) is 4.37. The molecule has 0 aliphatic carbocycles. The Hall–Kier alpha value is -2.04. The van der Waals surface area contributed by atoms with Crippen molar-refractivity contribution in [2.24, 2.45) is 0 Å². The van der Waals surface area contributed by atoms with E-state index in [1.807, 2.05) is 18.2 Å². The monoisotopic (exact) mass is 334 g/mol. The van der Waals surface area contributed by atoms with Gasteiger partial charge in [0.15, 0.2) is 11.5 Å². The Morgan fingerprint density at radius 3 is 2.77 bits per heavy atom. The maximum absolute atomic E-state index is 12.1. The summed E-state index contributed by atoms with van der Waals surface area (Å²) < 4.78 is 5.42. The lowest BCUT2D eigenvalue weighted by Crippen LogP contribution is -2.22. The molecule has 0 aliphatic rings. The lowest BCUT2D eigenvalue weighted by molar-refractivity contribution is 0.0951. The minimum Gasteiger partial charge on any atom is -0.441 e. The molecule has 0 fully saturated rings. The highest BCUT2D eigenvalue weighted by Crippen LogP contribution is 2.22. The van der Waals surface area contributed by atoms with E-state index in [-0.39, 0.29) is 5.91 Å². The van der Waals surface area contributed by atoms with Gasteiger partial charge in [-0.1, -0.05) is 29.3 Å². The summed E-state index contributed by atoms with van der Waals surface area (Å²) in [6, 6.07) is 10.4. The van der Waals surface area contributed by atoms with Crippen molar-refractivity contribution >= 4 is 40.2 Å². The largest absolute Gasteiger partial charge is 0.441 e. The third-order valence-corrected chi connectivity index (χ3v) is 3.93. The van der Waals surface area contributed by atoms with E-state index in [4.69, 9.17) is 27.6 Å². The molecule has 1 aromatic heterocycles. The minimum atomic E-state index is -0.213. The fraction of sp³-hybridized carbons (Fsp3) is 0.125. The van der Waals surface area contributed by atoms with Gasteiger partial charge in [-0.3, -0.25) is 4.79 Å². The molecular weight excluding hydrogens is 323 g/mol. The Bertz CT molecular complexity index is 858. The van der Waals surface area contributed by atoms with Crippen molar-refractivity contribution in [1.82, 2.24) is 10.3 Å². The lowest BCUT2D eigenvalue weighted by atomic mass is 10.2. The molecule has 2 aromatic carbocycles. The molecular formula is C16H12Cl2N2O2. The smallest absolute Gasteiger partial charge is 0.251 e. The number of benzene rings is 2. The van der Waals surface area contributed by atoms with Gasteiger partial charge in [-0.2, -0.15) is 0 Å². The van der Waals surface area contributed by atoms with E-state index < -0.39 is 0 Å². The first-order valence-corrected chi connectivity index (χ1v) is 7.38. The Morgan fingerprint density at radius 1 is 1.18 bits per heavy atom. The fourth-order valence-corrected chi connectivity index (χ4v) is 2.42. The number of fused-ring (bicyclic) bond motifs is 1. The van der Waals surface area contributed by atoms with Crippen LogP contribution in [0.2, 0.25) is 10.0 Å². The molecule has 1 heterocycles. The first-order valence-electron chi connectivity index (χ1n) is 6.62. The molecule has 4 nitrogen and oxygen atoms in total. The number of hydrogen-bond donors (Lipinski definition) is 1. The number of nitrogens with one attached hydrogen (secondary N) is 1. The Labute approximate surface area is 137 Å². The van der Waals surface area contributed by atoms with Gasteiger partial charge in [-0.25, -0.2) is 4.98 Å². The van der Waals surface area contributed by atoms with Crippen LogP contribution in [0.15, 0.2) is 40.8 Å². The molecule has 22 heavy (non-hydrogen) atoms. The number of aromatic nitrogens is 1. The average molecular weight is 335 g/mol. The number of hydrogen-bond acceptors (Lipinski definition) is 3. The van der Waals surface area contributed by atoms with E-state index in [9.17, 15) is 4.79 Å². The molecule has 1 amide bonds. The highest BCUT2D eigenvalue weighted by Gasteiger charge is 2.09. The van der Waals surface area contributed by atoms with Gasteiger partial charge in [0.1, 0.15) is 5.52 Å². The van der Waals surface area contributed by atoms with Crippen molar-refractivity contribution < 1.29 is 9.21 Å². The van der Waals surface area contributed by atoms with Crippen molar-refractivity contribution in [3.63, 3.8) is 0 Å². The van der Waals surface area contributed by atoms with Crippen LogP contribution >= 0.6 is 23.2 Å². The van der Waals surface area contributed by atoms with Crippen molar-refractivity contribution in [2.75, 3.05) is 0 Å². The molecule has 0 spiro atoms. The van der Waals surface area contributed by atoms with Crippen LogP contribution in [0.4, 0.5) is 0 Å². The van der Waals surface area contributed by atoms with Crippen LogP contribution in [0.25, 0.3) is 11.1 Å². The normalized spacial score (nSPS) is 10.9. The van der Waals surface area contributed by atoms with E-state index in [0.717, 1.165) is 16.7 Å². The van der Waals surface area contributed by atoms with Crippen molar-refractivity contribution in [3.8, 4) is 0 Å². The van der Waals surface area contributed by atoms with Crippen LogP contribution in [0.1, 0.15) is 21.8 Å². The summed E-state index contributed by atoms with van der Waals surface area (Å²) in [5.74, 6) is 0.405. The number of nitrogens with zero attached hydrogens (tertiary/aromatic N) is 1. The van der Waals surface area contributed by atoms with Gasteiger partial charge >= 0.3 is 0 Å². The topological polar surface area (TPSA) is 55.1 Å². The second kappa shape index (κ2) is 5.99. The zero-order valence-electron chi connectivity index (χ0n) is 11.7. The predicted molar refractivity (Wildman–Crippen MR) is 86.4 cm³/mol. The van der Waals surface area contributed by atoms with Gasteiger partial charge in [-0.15, -0.1) is 0 Å². The summed E-state index contributed by atoms with van der Waals surface area (Å²) in [5, 5.41) is 3.61. The van der Waals surface area contributed by atoms with Crippen LogP contribution in [-0.4, -0.2) is 10.9 Å². The zero-order valence-corrected chi connectivity index (χ0v) is 13.2. The van der Waals surface area contributed by atoms with Crippen LogP contribution < -0.4 is 5.32 Å². The standard InChI is InChI=1S/C16H12Cl2N2O2/c1-9-20-14-6-10(2-5-15(14)22-9)8-19-16(21)11-3-4-12(17)13(18)7-11/h2-7H,8H2,1H3,(H,19,21). The maximum Gasteiger partial charge on any atom is 0.251 e. The Morgan fingerprint density at radius 2 is 2.00 bits per heavy atom. The van der Waals surface area contributed by atoms with Crippen molar-refractivity contribution in [2.45, 2.75) is 13.5 Å². The molecule has 6 heteroatoms. The quantitative estimate of drug-likeness (QED) is 0.773. The van der Waals surface area contributed by atoms with Crippen LogP contribution in [0.3, 0.4) is 0 Å². The average Bonchev–Trinajstić information content (AvgIpc) is 2.86. The summed E-state index contributed by atoms with van der Waals surface area (Å²) in [7, 11) is 0. The summed E-state index contributed by atoms with van der Waals surface area (Å²) in [5.41, 5.74) is 2.91. The van der Waals surface area contributed by atoms with E-state index in [0.29, 0.717) is 28.0 Å². The van der Waals surface area contributed by atoms with Gasteiger partial charge in [0.2, 0.25) is 0 Å². The molecule has 0 saturated heterocycles. The van der Waals surface area contributed by atoms with Crippen molar-refractivity contribution in [3.05, 3.63) is 63.5 Å². The van der Waals surface area contributed by atoms with Crippen LogP contribution in [-0.2, 0) is 6.54 Å². The second-order valence-electron chi connectivity index (χ2n) is 4.85. The molecule has 0 saturated carbocycles. The van der Waals surface area contributed by atoms with Gasteiger partial charge in [0.25, 0.3) is 5.91 Å². The van der Waals surface area contributed by atoms with Crippen molar-refractivity contribution in [1.29, 1.82) is 0 Å². The molecule has 112 valence electrons. The number of amides is 1. The second-order valence-corrected chi connectivity index (χ2v) is 5.66. The number of aryl methyl sites for hydroxylation is 1. The van der Waals surface area contributed by atoms with E-state index in [1.54, 1.807) is 25.1 Å². The molecule has 3 aromatic rings. The number of halogens is 2. The summed E-state index contributed by atoms with van der Waals surface area (Å²) in [6.45, 7) is 2.19. The molecule has 1 N–H and O–H groups in total. The van der Waals surface area contributed by atoms with Gasteiger partial charge in [-0.05, 0) is 35.9 Å². The fourth-order valence-electron chi connectivity index (χ4n) is 2.12. The highest BCUT2D eigenvalue weighted by atomic mass is 35.5. The minimum absolute atomic E-state index is 0.213. The molecule has 0 unspecified atom stereocenters. The number of rotatable bonds is 3. The zero-order chi connectivity index (χ0) is 15.7. The van der Waals surface area contributed by atoms with E-state index in [1.165, 1.54) is 0 Å². The SMILES string of the molecule is Cc1nc2cc(CNC(=O)c3ccc(Cl)c(Cl)c3)ccc2o1. The molecule has 3 rings (SSSR count). The molecule has 0 radical (unpaired) electrons. The number of oxazole rings is 1. The van der Waals surface area contributed by atoms with Gasteiger partial charge in [0.05, 0.1) is 10.0 Å². The number of carbonyl (C=O) groups excluding carboxylic acids is 1. The first kappa shape index (κ1) is 14.9. The van der Waals surface area contributed by atoms with Gasteiger partial charge in [0, 0.05) is 19.0 Å². The van der Waals surface area contributed by atoms with E-state index >= 15 is 0 Å². The van der Waals surface area contributed by atoms with Crippen LogP contribution in [0, 0.1) is 6.92 Å². The summed E-state index contributed by atoms with van der Waals surface area (Å²) >= 11 is 11.7. The molecule has 0 atom stereocenters. The Balaban J connectivity index is 1.72. The highest BCUT2D eigenvalue weighted by molar-refractivity contribution is 6.42. The lowest BCUT2D eigenvalue weighted by Gasteiger charge is -2.06. The third-order valence-electron chi connectivity index (χ3n) is 3.19. The number of carbonyl (C=O) groups is 1. The first-order chi connectivity index (χ1) is 10.5. The maximum atomic E-state index is 12.1. The Kier molecular flexibility index (Phi) is 4.05. The molecule has 0 aliphatic heterocycles. The summed E-state index contributed by atoms with van der Waals surface area (Å²) in [4.78, 5) is 16.4. The van der Waals surface area contributed by atoms with Crippen LogP contribution in [0.5, 0.6) is 0 Å². The third kappa shape index (κ3) is 3.08.